The van der Waals surface area contributed by atoms with E-state index in [1.807, 2.05) is 0 Å². The van der Waals surface area contributed by atoms with Crippen LogP contribution in [0.15, 0.2) is 17.0 Å². The first-order valence-corrected chi connectivity index (χ1v) is 6.24. The lowest BCUT2D eigenvalue weighted by atomic mass is 10.4. The highest BCUT2D eigenvalue weighted by Crippen LogP contribution is 2.34. The van der Waals surface area contributed by atoms with Gasteiger partial charge in [0.25, 0.3) is 0 Å². The summed E-state index contributed by atoms with van der Waals surface area (Å²) in [5.41, 5.74) is 5.39. The fourth-order valence-corrected chi connectivity index (χ4v) is 2.58. The van der Waals surface area contributed by atoms with E-state index in [9.17, 15) is 0 Å². The zero-order chi connectivity index (χ0) is 10.6. The quantitative estimate of drug-likeness (QED) is 0.503. The van der Waals surface area contributed by atoms with Crippen LogP contribution in [-0.2, 0) is 0 Å². The molecule has 0 aliphatic rings. The molecular formula is C9H11Cl4NS. The molecule has 0 aliphatic carbocycles. The molecular weight excluding hydrogens is 296 g/mol. The average molecular weight is 307 g/mol. The predicted molar refractivity (Wildman–Crippen MR) is 73.1 cm³/mol. The summed E-state index contributed by atoms with van der Waals surface area (Å²) in [5.74, 6) is 0.939. The number of rotatable bonds is 4. The van der Waals surface area contributed by atoms with E-state index in [-0.39, 0.29) is 12.4 Å². The van der Waals surface area contributed by atoms with Crippen LogP contribution in [0.3, 0.4) is 0 Å². The largest absolute Gasteiger partial charge is 0.330 e. The number of halogens is 4. The molecule has 0 saturated carbocycles. The van der Waals surface area contributed by atoms with Crippen LogP contribution in [0.1, 0.15) is 6.42 Å². The molecule has 0 aliphatic heterocycles. The molecule has 15 heavy (non-hydrogen) atoms. The molecule has 0 radical (unpaired) electrons. The van der Waals surface area contributed by atoms with E-state index in [4.69, 9.17) is 40.5 Å². The Morgan fingerprint density at radius 3 is 2.27 bits per heavy atom. The third-order valence-electron chi connectivity index (χ3n) is 1.58. The van der Waals surface area contributed by atoms with Gasteiger partial charge in [-0.2, -0.15) is 0 Å². The Bertz CT molecular complexity index is 319. The van der Waals surface area contributed by atoms with Crippen LogP contribution in [0.4, 0.5) is 0 Å². The normalized spacial score (nSPS) is 9.87. The molecule has 1 aromatic rings. The minimum Gasteiger partial charge on any atom is -0.330 e. The van der Waals surface area contributed by atoms with E-state index in [1.165, 1.54) is 0 Å². The zero-order valence-corrected chi connectivity index (χ0v) is 11.7. The summed E-state index contributed by atoms with van der Waals surface area (Å²) in [6.07, 6.45) is 0.960. The van der Waals surface area contributed by atoms with Gasteiger partial charge in [0.05, 0.1) is 15.1 Å². The van der Waals surface area contributed by atoms with E-state index in [0.29, 0.717) is 21.6 Å². The van der Waals surface area contributed by atoms with E-state index in [1.54, 1.807) is 23.9 Å². The number of hydrogen-bond donors (Lipinski definition) is 1. The summed E-state index contributed by atoms with van der Waals surface area (Å²) in [4.78, 5) is 0.953. The van der Waals surface area contributed by atoms with Crippen molar-refractivity contribution in [2.24, 2.45) is 5.73 Å². The Morgan fingerprint density at radius 1 is 1.07 bits per heavy atom. The van der Waals surface area contributed by atoms with Gasteiger partial charge in [-0.3, -0.25) is 0 Å². The van der Waals surface area contributed by atoms with Crippen molar-refractivity contribution in [1.82, 2.24) is 0 Å². The van der Waals surface area contributed by atoms with Crippen molar-refractivity contribution in [2.45, 2.75) is 11.3 Å². The summed E-state index contributed by atoms with van der Waals surface area (Å²) in [6, 6.07) is 3.45. The summed E-state index contributed by atoms with van der Waals surface area (Å²) in [5, 5.41) is 1.66. The third-order valence-corrected chi connectivity index (χ3v) is 3.87. The molecule has 0 amide bonds. The molecule has 0 bridgehead atoms. The van der Waals surface area contributed by atoms with Gasteiger partial charge in [-0.1, -0.05) is 34.8 Å². The van der Waals surface area contributed by atoms with Gasteiger partial charge in [-0.25, -0.2) is 0 Å². The Morgan fingerprint density at radius 2 is 1.67 bits per heavy atom. The van der Waals surface area contributed by atoms with Crippen molar-refractivity contribution < 1.29 is 0 Å². The second kappa shape index (κ2) is 7.88. The van der Waals surface area contributed by atoms with E-state index in [0.717, 1.165) is 17.1 Å². The first kappa shape index (κ1) is 15.7. The SMILES string of the molecule is Cl.NCCCSc1cc(Cl)c(Cl)cc1Cl. The number of nitrogens with two attached hydrogens (primary N) is 1. The molecule has 0 unspecified atom stereocenters. The lowest BCUT2D eigenvalue weighted by molar-refractivity contribution is 0.943. The lowest BCUT2D eigenvalue weighted by Crippen LogP contribution is -1.99. The molecule has 0 fully saturated rings. The van der Waals surface area contributed by atoms with Crippen LogP contribution in [0.5, 0.6) is 0 Å². The molecule has 0 saturated heterocycles. The number of hydrogen-bond acceptors (Lipinski definition) is 2. The first-order chi connectivity index (χ1) is 6.65. The standard InChI is InChI=1S/C9H10Cl3NS.ClH/c10-6-4-8(12)9(5-7(6)11)14-3-1-2-13;/h4-5H,1-3,13H2;1H. The summed E-state index contributed by atoms with van der Waals surface area (Å²) in [6.45, 7) is 0.686. The highest BCUT2D eigenvalue weighted by molar-refractivity contribution is 7.99. The molecule has 2 N–H and O–H groups in total. The highest BCUT2D eigenvalue weighted by Gasteiger charge is 2.05. The van der Waals surface area contributed by atoms with Crippen LogP contribution >= 0.6 is 59.0 Å². The van der Waals surface area contributed by atoms with Gasteiger partial charge in [-0.05, 0) is 30.9 Å². The third kappa shape index (κ3) is 5.03. The molecule has 0 aromatic heterocycles. The second-order valence-electron chi connectivity index (χ2n) is 2.69. The molecule has 1 rings (SSSR count). The van der Waals surface area contributed by atoms with Gasteiger partial charge in [-0.15, -0.1) is 24.2 Å². The van der Waals surface area contributed by atoms with Gasteiger partial charge in [0, 0.05) is 4.90 Å². The summed E-state index contributed by atoms with van der Waals surface area (Å²) < 4.78 is 0. The molecule has 0 spiro atoms. The average Bonchev–Trinajstić information content (AvgIpc) is 2.14. The maximum absolute atomic E-state index is 5.99. The molecule has 1 nitrogen and oxygen atoms in total. The van der Waals surface area contributed by atoms with Crippen molar-refractivity contribution in [3.05, 3.63) is 27.2 Å². The Kier molecular flexibility index (Phi) is 8.24. The van der Waals surface area contributed by atoms with Gasteiger partial charge >= 0.3 is 0 Å². The van der Waals surface area contributed by atoms with E-state index < -0.39 is 0 Å². The maximum atomic E-state index is 5.99. The summed E-state index contributed by atoms with van der Waals surface area (Å²) in [7, 11) is 0. The fourth-order valence-electron chi connectivity index (χ4n) is 0.880. The van der Waals surface area contributed by atoms with Crippen LogP contribution in [0.25, 0.3) is 0 Å². The minimum absolute atomic E-state index is 0. The van der Waals surface area contributed by atoms with Crippen molar-refractivity contribution >= 4 is 59.0 Å². The van der Waals surface area contributed by atoms with Crippen molar-refractivity contribution in [3.63, 3.8) is 0 Å². The van der Waals surface area contributed by atoms with Gasteiger partial charge < -0.3 is 5.73 Å². The van der Waals surface area contributed by atoms with Crippen LogP contribution in [-0.4, -0.2) is 12.3 Å². The summed E-state index contributed by atoms with van der Waals surface area (Å²) >= 11 is 19.3. The fraction of sp³-hybridized carbons (Fsp3) is 0.333. The molecule has 6 heteroatoms. The van der Waals surface area contributed by atoms with E-state index >= 15 is 0 Å². The van der Waals surface area contributed by atoms with E-state index in [2.05, 4.69) is 0 Å². The smallest absolute Gasteiger partial charge is 0.0607 e. The predicted octanol–water partition coefficient (Wildman–Crippen LogP) is 4.51. The Hall–Kier alpha value is 0.690. The molecule has 0 heterocycles. The van der Waals surface area contributed by atoms with Crippen molar-refractivity contribution in [3.8, 4) is 0 Å². The number of benzene rings is 1. The Labute approximate surface area is 115 Å². The van der Waals surface area contributed by atoms with Crippen LogP contribution < -0.4 is 5.73 Å². The van der Waals surface area contributed by atoms with Gasteiger partial charge in [0.2, 0.25) is 0 Å². The zero-order valence-electron chi connectivity index (χ0n) is 7.80. The lowest BCUT2D eigenvalue weighted by Gasteiger charge is -2.05. The van der Waals surface area contributed by atoms with Crippen molar-refractivity contribution in [2.75, 3.05) is 12.3 Å². The number of thioether (sulfide) groups is 1. The monoisotopic (exact) mass is 305 g/mol. The van der Waals surface area contributed by atoms with Crippen LogP contribution in [0.2, 0.25) is 15.1 Å². The molecule has 0 atom stereocenters. The highest BCUT2D eigenvalue weighted by atomic mass is 35.5. The minimum atomic E-state index is 0. The van der Waals surface area contributed by atoms with Crippen molar-refractivity contribution in [1.29, 1.82) is 0 Å². The van der Waals surface area contributed by atoms with Gasteiger partial charge in [0.15, 0.2) is 0 Å². The topological polar surface area (TPSA) is 26.0 Å². The second-order valence-corrected chi connectivity index (χ2v) is 5.05. The molecule has 1 aromatic carbocycles. The molecule has 86 valence electrons. The maximum Gasteiger partial charge on any atom is 0.0607 e. The Balaban J connectivity index is 0.00000196. The van der Waals surface area contributed by atoms with Gasteiger partial charge in [0.1, 0.15) is 0 Å². The van der Waals surface area contributed by atoms with Crippen LogP contribution in [0, 0.1) is 0 Å². The first-order valence-electron chi connectivity index (χ1n) is 4.12.